The topological polar surface area (TPSA) is 59.6 Å². The molecule has 0 fully saturated rings. The summed E-state index contributed by atoms with van der Waals surface area (Å²) in [6.45, 7) is 1.23. The number of fused-ring (bicyclic) bond motifs is 2. The van der Waals surface area contributed by atoms with Crippen LogP contribution in [0.3, 0.4) is 0 Å². The molecule has 0 aromatic heterocycles. The highest BCUT2D eigenvalue weighted by Gasteiger charge is 2.26. The molecule has 2 unspecified atom stereocenters. The van der Waals surface area contributed by atoms with Crippen molar-refractivity contribution in [3.8, 4) is 11.5 Å². The normalized spacial score (nSPS) is 21.5. The van der Waals surface area contributed by atoms with Gasteiger partial charge in [-0.25, -0.2) is 4.79 Å². The van der Waals surface area contributed by atoms with Gasteiger partial charge in [-0.15, -0.1) is 0 Å². The maximum absolute atomic E-state index is 12.5. The number of carbonyl (C=O) groups excluding carboxylic acids is 1. The molecule has 24 heavy (non-hydrogen) atoms. The van der Waals surface area contributed by atoms with E-state index < -0.39 is 0 Å². The summed E-state index contributed by atoms with van der Waals surface area (Å²) in [5.74, 6) is 1.70. The van der Waals surface area contributed by atoms with Gasteiger partial charge < -0.3 is 20.1 Å². The lowest BCUT2D eigenvalue weighted by Crippen LogP contribution is -2.42. The average Bonchev–Trinajstić information content (AvgIpc) is 2.62. The van der Waals surface area contributed by atoms with Crippen LogP contribution in [0.25, 0.3) is 0 Å². The minimum absolute atomic E-state index is 0.0231. The molecule has 0 saturated carbocycles. The fraction of sp³-hybridized carbons (Fsp3) is 0.316. The number of hydrogen-bond acceptors (Lipinski definition) is 3. The van der Waals surface area contributed by atoms with Crippen molar-refractivity contribution in [2.45, 2.75) is 24.9 Å². The van der Waals surface area contributed by atoms with Gasteiger partial charge in [0.25, 0.3) is 0 Å². The molecule has 124 valence electrons. The number of urea groups is 1. The fourth-order valence-electron chi connectivity index (χ4n) is 3.34. The van der Waals surface area contributed by atoms with E-state index >= 15 is 0 Å². The maximum atomic E-state index is 12.5. The van der Waals surface area contributed by atoms with Gasteiger partial charge in [0, 0.05) is 24.0 Å². The zero-order valence-electron chi connectivity index (χ0n) is 13.3. The lowest BCUT2D eigenvalue weighted by Gasteiger charge is -2.29. The van der Waals surface area contributed by atoms with Crippen molar-refractivity contribution in [2.75, 3.05) is 13.2 Å². The third-order valence-electron chi connectivity index (χ3n) is 4.53. The summed E-state index contributed by atoms with van der Waals surface area (Å²) in [6.07, 6.45) is 1.55. The Morgan fingerprint density at radius 3 is 1.75 bits per heavy atom. The fourth-order valence-corrected chi connectivity index (χ4v) is 3.34. The second-order valence-electron chi connectivity index (χ2n) is 6.07. The number of hydrogen-bond donors (Lipinski definition) is 2. The van der Waals surface area contributed by atoms with Gasteiger partial charge in [0.1, 0.15) is 11.5 Å². The molecular formula is C19H20N2O3. The van der Waals surface area contributed by atoms with Gasteiger partial charge in [-0.05, 0) is 12.1 Å². The van der Waals surface area contributed by atoms with E-state index in [0.29, 0.717) is 13.2 Å². The predicted molar refractivity (Wildman–Crippen MR) is 90.3 cm³/mol. The van der Waals surface area contributed by atoms with Crippen molar-refractivity contribution in [2.24, 2.45) is 0 Å². The first-order valence-electron chi connectivity index (χ1n) is 8.32. The number of para-hydroxylation sites is 2. The molecule has 2 aliphatic rings. The number of benzene rings is 2. The summed E-state index contributed by atoms with van der Waals surface area (Å²) in [5, 5.41) is 6.16. The molecule has 2 heterocycles. The molecule has 2 aromatic rings. The third-order valence-corrected chi connectivity index (χ3v) is 4.53. The minimum Gasteiger partial charge on any atom is -0.493 e. The molecule has 5 heteroatoms. The van der Waals surface area contributed by atoms with Gasteiger partial charge in [0.2, 0.25) is 0 Å². The van der Waals surface area contributed by atoms with Crippen LogP contribution in [-0.2, 0) is 0 Å². The molecule has 2 N–H and O–H groups in total. The van der Waals surface area contributed by atoms with Crippen molar-refractivity contribution in [1.29, 1.82) is 0 Å². The Kier molecular flexibility index (Phi) is 3.99. The first-order chi connectivity index (χ1) is 11.8. The molecule has 2 amide bonds. The zero-order chi connectivity index (χ0) is 16.4. The van der Waals surface area contributed by atoms with E-state index in [-0.39, 0.29) is 18.1 Å². The van der Waals surface area contributed by atoms with Crippen LogP contribution in [0.15, 0.2) is 48.5 Å². The molecule has 0 bridgehead atoms. The van der Waals surface area contributed by atoms with Crippen LogP contribution in [0.4, 0.5) is 4.79 Å². The van der Waals surface area contributed by atoms with Gasteiger partial charge in [0.05, 0.1) is 25.3 Å². The van der Waals surface area contributed by atoms with Crippen LogP contribution in [0, 0.1) is 0 Å². The third kappa shape index (κ3) is 2.89. The first-order valence-corrected chi connectivity index (χ1v) is 8.32. The van der Waals surface area contributed by atoms with Gasteiger partial charge in [-0.2, -0.15) is 0 Å². The monoisotopic (exact) mass is 324 g/mol. The summed E-state index contributed by atoms with van der Waals surface area (Å²) in [7, 11) is 0. The number of carbonyl (C=O) groups is 1. The highest BCUT2D eigenvalue weighted by Crippen LogP contribution is 2.33. The zero-order valence-corrected chi connectivity index (χ0v) is 13.3. The quantitative estimate of drug-likeness (QED) is 0.891. The lowest BCUT2D eigenvalue weighted by atomic mass is 10.00. The van der Waals surface area contributed by atoms with Crippen LogP contribution in [-0.4, -0.2) is 19.2 Å². The Labute approximate surface area is 141 Å². The van der Waals surface area contributed by atoms with Crippen molar-refractivity contribution >= 4 is 6.03 Å². The number of amides is 2. The molecule has 4 rings (SSSR count). The molecule has 0 aliphatic carbocycles. The summed E-state index contributed by atoms with van der Waals surface area (Å²) >= 11 is 0. The largest absolute Gasteiger partial charge is 0.493 e. The van der Waals surface area contributed by atoms with Crippen LogP contribution >= 0.6 is 0 Å². The molecule has 5 nitrogen and oxygen atoms in total. The lowest BCUT2D eigenvalue weighted by molar-refractivity contribution is 0.211. The first kappa shape index (κ1) is 14.9. The van der Waals surface area contributed by atoms with Crippen LogP contribution in [0.5, 0.6) is 11.5 Å². The van der Waals surface area contributed by atoms with Gasteiger partial charge in [0.15, 0.2) is 0 Å². The van der Waals surface area contributed by atoms with Crippen LogP contribution in [0.2, 0.25) is 0 Å². The van der Waals surface area contributed by atoms with Gasteiger partial charge in [-0.3, -0.25) is 0 Å². The van der Waals surface area contributed by atoms with E-state index in [1.807, 2.05) is 48.5 Å². The molecule has 2 atom stereocenters. The second kappa shape index (κ2) is 6.43. The van der Waals surface area contributed by atoms with E-state index in [4.69, 9.17) is 9.47 Å². The van der Waals surface area contributed by atoms with E-state index in [2.05, 4.69) is 10.6 Å². The van der Waals surface area contributed by atoms with E-state index in [9.17, 15) is 4.79 Å². The summed E-state index contributed by atoms with van der Waals surface area (Å²) in [5.41, 5.74) is 2.07. The number of ether oxygens (including phenoxy) is 2. The maximum Gasteiger partial charge on any atom is 0.315 e. The number of rotatable bonds is 2. The molecule has 2 aromatic carbocycles. The SMILES string of the molecule is O=C(NC1CCOc2ccccc21)NC1CCOc2ccccc21. The molecular weight excluding hydrogens is 304 g/mol. The van der Waals surface area contributed by atoms with Crippen molar-refractivity contribution < 1.29 is 14.3 Å². The van der Waals surface area contributed by atoms with Crippen molar-refractivity contribution in [3.63, 3.8) is 0 Å². The Morgan fingerprint density at radius 2 is 1.25 bits per heavy atom. The molecule has 0 saturated heterocycles. The Morgan fingerprint density at radius 1 is 0.792 bits per heavy atom. The molecule has 0 spiro atoms. The van der Waals surface area contributed by atoms with Crippen molar-refractivity contribution in [3.05, 3.63) is 59.7 Å². The standard InChI is InChI=1S/C19H20N2O3/c22-19(20-15-9-11-23-17-7-3-1-5-13(15)17)21-16-10-12-24-18-8-4-2-6-14(16)18/h1-8,15-16H,9-12H2,(H2,20,21,22). The molecule has 0 radical (unpaired) electrons. The van der Waals surface area contributed by atoms with Crippen LogP contribution in [0.1, 0.15) is 36.1 Å². The summed E-state index contributed by atoms with van der Waals surface area (Å²) in [4.78, 5) is 12.5. The van der Waals surface area contributed by atoms with Crippen molar-refractivity contribution in [1.82, 2.24) is 10.6 Å². The van der Waals surface area contributed by atoms with E-state index in [1.165, 1.54) is 0 Å². The summed E-state index contributed by atoms with van der Waals surface area (Å²) < 4.78 is 11.3. The summed E-state index contributed by atoms with van der Waals surface area (Å²) in [6, 6.07) is 15.5. The Bertz CT molecular complexity index is 685. The van der Waals surface area contributed by atoms with Crippen LogP contribution < -0.4 is 20.1 Å². The average molecular weight is 324 g/mol. The number of nitrogens with one attached hydrogen (secondary N) is 2. The van der Waals surface area contributed by atoms with E-state index in [1.54, 1.807) is 0 Å². The second-order valence-corrected chi connectivity index (χ2v) is 6.07. The Balaban J connectivity index is 1.45. The highest BCUT2D eigenvalue weighted by molar-refractivity contribution is 5.75. The van der Waals surface area contributed by atoms with E-state index in [0.717, 1.165) is 35.5 Å². The molecule has 2 aliphatic heterocycles. The predicted octanol–water partition coefficient (Wildman–Crippen LogP) is 3.33. The Hall–Kier alpha value is -2.69. The highest BCUT2D eigenvalue weighted by atomic mass is 16.5. The van der Waals surface area contributed by atoms with Gasteiger partial charge in [-0.1, -0.05) is 36.4 Å². The minimum atomic E-state index is -0.154. The van der Waals surface area contributed by atoms with Gasteiger partial charge >= 0.3 is 6.03 Å². The smallest absolute Gasteiger partial charge is 0.315 e.